The number of benzene rings is 2. The number of carbonyl (C=O) groups is 1. The summed E-state index contributed by atoms with van der Waals surface area (Å²) in [6.07, 6.45) is 0.318. The molecule has 0 spiro atoms. The number of carbonyl (C=O) groups excluding carboxylic acids is 1. The molecule has 0 saturated carbocycles. The highest BCUT2D eigenvalue weighted by Gasteiger charge is 2.17. The van der Waals surface area contributed by atoms with Crippen molar-refractivity contribution in [3.8, 4) is 0 Å². The van der Waals surface area contributed by atoms with E-state index in [-0.39, 0.29) is 18.4 Å². The molecule has 4 heteroatoms. The lowest BCUT2D eigenvalue weighted by Crippen LogP contribution is -2.17. The Morgan fingerprint density at radius 3 is 2.67 bits per heavy atom. The average Bonchev–Trinajstić information content (AvgIpc) is 2.49. The quantitative estimate of drug-likeness (QED) is 0.741. The summed E-state index contributed by atoms with van der Waals surface area (Å²) in [4.78, 5) is 12.0. The molecular formula is C17H16BrFO2. The van der Waals surface area contributed by atoms with Gasteiger partial charge in [-0.15, -0.1) is 0 Å². The number of halogens is 2. The third-order valence-electron chi connectivity index (χ3n) is 3.16. The molecule has 0 saturated heterocycles. The smallest absolute Gasteiger partial charge is 0.309 e. The lowest BCUT2D eigenvalue weighted by molar-refractivity contribution is -0.149. The van der Waals surface area contributed by atoms with Crippen molar-refractivity contribution in [2.24, 2.45) is 5.92 Å². The Hall–Kier alpha value is -1.68. The van der Waals surface area contributed by atoms with E-state index in [2.05, 4.69) is 15.9 Å². The molecule has 2 aromatic rings. The van der Waals surface area contributed by atoms with Crippen molar-refractivity contribution in [3.63, 3.8) is 0 Å². The Bertz CT molecular complexity index is 613. The summed E-state index contributed by atoms with van der Waals surface area (Å²) in [6, 6.07) is 14.2. The van der Waals surface area contributed by atoms with Crippen LogP contribution >= 0.6 is 15.9 Å². The molecule has 0 aliphatic heterocycles. The minimum atomic E-state index is -0.391. The van der Waals surface area contributed by atoms with Crippen LogP contribution in [-0.4, -0.2) is 5.97 Å². The van der Waals surface area contributed by atoms with Gasteiger partial charge in [-0.25, -0.2) is 4.39 Å². The number of ether oxygens (including phenoxy) is 1. The summed E-state index contributed by atoms with van der Waals surface area (Å²) >= 11 is 3.30. The van der Waals surface area contributed by atoms with Gasteiger partial charge in [0, 0.05) is 4.47 Å². The normalized spacial score (nSPS) is 12.0. The summed E-state index contributed by atoms with van der Waals surface area (Å²) in [5, 5.41) is 0. The SMILES string of the molecule is C[C@@H](Cc1cc(Br)ccc1F)C(=O)OCc1ccccc1. The fourth-order valence-corrected chi connectivity index (χ4v) is 2.39. The Balaban J connectivity index is 1.92. The molecule has 0 radical (unpaired) electrons. The molecule has 0 fully saturated rings. The minimum absolute atomic E-state index is 0.241. The maximum atomic E-state index is 13.7. The van der Waals surface area contributed by atoms with Gasteiger partial charge in [0.15, 0.2) is 0 Å². The molecule has 0 aliphatic carbocycles. The molecule has 0 amide bonds. The molecule has 0 aliphatic rings. The Labute approximate surface area is 132 Å². The van der Waals surface area contributed by atoms with Gasteiger partial charge in [-0.2, -0.15) is 0 Å². The van der Waals surface area contributed by atoms with Gasteiger partial charge in [0.05, 0.1) is 5.92 Å². The average molecular weight is 351 g/mol. The van der Waals surface area contributed by atoms with Gasteiger partial charge in [-0.05, 0) is 35.7 Å². The van der Waals surface area contributed by atoms with Crippen LogP contribution in [0.2, 0.25) is 0 Å². The third-order valence-corrected chi connectivity index (χ3v) is 3.65. The number of rotatable bonds is 5. The van der Waals surface area contributed by atoms with Crippen LogP contribution in [0.4, 0.5) is 4.39 Å². The molecule has 2 nitrogen and oxygen atoms in total. The topological polar surface area (TPSA) is 26.3 Å². The van der Waals surface area contributed by atoms with Crippen LogP contribution in [0.25, 0.3) is 0 Å². The van der Waals surface area contributed by atoms with Crippen molar-refractivity contribution in [2.45, 2.75) is 20.0 Å². The van der Waals surface area contributed by atoms with Crippen LogP contribution in [0.1, 0.15) is 18.1 Å². The minimum Gasteiger partial charge on any atom is -0.461 e. The van der Waals surface area contributed by atoms with Crippen molar-refractivity contribution in [3.05, 3.63) is 69.9 Å². The maximum Gasteiger partial charge on any atom is 0.309 e. The summed E-state index contributed by atoms with van der Waals surface area (Å²) in [6.45, 7) is 1.98. The van der Waals surface area contributed by atoms with E-state index in [4.69, 9.17) is 4.74 Å². The van der Waals surface area contributed by atoms with E-state index in [9.17, 15) is 9.18 Å². The first-order valence-electron chi connectivity index (χ1n) is 6.70. The second kappa shape index (κ2) is 7.36. The molecule has 0 bridgehead atoms. The first kappa shape index (κ1) is 15.7. The third kappa shape index (κ3) is 4.67. The van der Waals surface area contributed by atoms with Gasteiger partial charge >= 0.3 is 5.97 Å². The lowest BCUT2D eigenvalue weighted by atomic mass is 10.0. The Morgan fingerprint density at radius 2 is 1.95 bits per heavy atom. The van der Waals surface area contributed by atoms with Crippen LogP contribution in [0.3, 0.4) is 0 Å². The van der Waals surface area contributed by atoms with Gasteiger partial charge in [-0.3, -0.25) is 4.79 Å². The van der Waals surface area contributed by atoms with Crippen LogP contribution < -0.4 is 0 Å². The molecule has 0 N–H and O–H groups in total. The number of hydrogen-bond acceptors (Lipinski definition) is 2. The first-order chi connectivity index (χ1) is 10.1. The van der Waals surface area contributed by atoms with Crippen LogP contribution in [0.5, 0.6) is 0 Å². The van der Waals surface area contributed by atoms with E-state index in [1.807, 2.05) is 30.3 Å². The molecule has 0 heterocycles. The highest BCUT2D eigenvalue weighted by Crippen LogP contribution is 2.19. The van der Waals surface area contributed by atoms with E-state index < -0.39 is 5.92 Å². The van der Waals surface area contributed by atoms with Crippen LogP contribution in [-0.2, 0) is 22.6 Å². The van der Waals surface area contributed by atoms with E-state index >= 15 is 0 Å². The van der Waals surface area contributed by atoms with Gasteiger partial charge in [-0.1, -0.05) is 53.2 Å². The highest BCUT2D eigenvalue weighted by molar-refractivity contribution is 9.10. The predicted octanol–water partition coefficient (Wildman–Crippen LogP) is 4.51. The first-order valence-corrected chi connectivity index (χ1v) is 7.50. The Morgan fingerprint density at radius 1 is 1.24 bits per heavy atom. The zero-order valence-electron chi connectivity index (χ0n) is 11.7. The van der Waals surface area contributed by atoms with Crippen LogP contribution in [0.15, 0.2) is 53.0 Å². The van der Waals surface area contributed by atoms with Crippen molar-refractivity contribution in [1.82, 2.24) is 0 Å². The summed E-state index contributed by atoms with van der Waals surface area (Å²) < 4.78 is 19.7. The van der Waals surface area contributed by atoms with Gasteiger partial charge in [0.25, 0.3) is 0 Å². The van der Waals surface area contributed by atoms with Gasteiger partial charge in [0.1, 0.15) is 12.4 Å². The summed E-state index contributed by atoms with van der Waals surface area (Å²) in [5.41, 5.74) is 1.44. The number of hydrogen-bond donors (Lipinski definition) is 0. The molecule has 110 valence electrons. The van der Waals surface area contributed by atoms with Crippen molar-refractivity contribution in [2.75, 3.05) is 0 Å². The standard InChI is InChI=1S/C17H16BrFO2/c1-12(9-14-10-15(18)7-8-16(14)19)17(20)21-11-13-5-3-2-4-6-13/h2-8,10,12H,9,11H2,1H3/t12-/m0/s1. The Kier molecular flexibility index (Phi) is 5.51. The van der Waals surface area contributed by atoms with Crippen molar-refractivity contribution in [1.29, 1.82) is 0 Å². The van der Waals surface area contributed by atoms with Gasteiger partial charge in [0.2, 0.25) is 0 Å². The van der Waals surface area contributed by atoms with E-state index in [0.717, 1.165) is 10.0 Å². The maximum absolute atomic E-state index is 13.7. The van der Waals surface area contributed by atoms with Crippen LogP contribution in [0, 0.1) is 11.7 Å². The fraction of sp³-hybridized carbons (Fsp3) is 0.235. The fourth-order valence-electron chi connectivity index (χ4n) is 1.98. The molecule has 0 unspecified atom stereocenters. The zero-order chi connectivity index (χ0) is 15.2. The molecule has 0 aromatic heterocycles. The zero-order valence-corrected chi connectivity index (χ0v) is 13.3. The second-order valence-electron chi connectivity index (χ2n) is 4.93. The second-order valence-corrected chi connectivity index (χ2v) is 5.85. The summed E-state index contributed by atoms with van der Waals surface area (Å²) in [5.74, 6) is -1.02. The lowest BCUT2D eigenvalue weighted by Gasteiger charge is -2.12. The van der Waals surface area contributed by atoms with Crippen molar-refractivity contribution < 1.29 is 13.9 Å². The van der Waals surface area contributed by atoms with E-state index in [1.54, 1.807) is 19.1 Å². The van der Waals surface area contributed by atoms with E-state index in [1.165, 1.54) is 6.07 Å². The predicted molar refractivity (Wildman–Crippen MR) is 83.2 cm³/mol. The molecule has 21 heavy (non-hydrogen) atoms. The van der Waals surface area contributed by atoms with E-state index in [0.29, 0.717) is 12.0 Å². The van der Waals surface area contributed by atoms with Gasteiger partial charge < -0.3 is 4.74 Å². The molecular weight excluding hydrogens is 335 g/mol. The molecule has 2 aromatic carbocycles. The summed E-state index contributed by atoms with van der Waals surface area (Å²) in [7, 11) is 0. The van der Waals surface area contributed by atoms with Crippen molar-refractivity contribution >= 4 is 21.9 Å². The number of esters is 1. The largest absolute Gasteiger partial charge is 0.461 e. The monoisotopic (exact) mass is 350 g/mol. The molecule has 2 rings (SSSR count). The molecule has 1 atom stereocenters. The highest BCUT2D eigenvalue weighted by atomic mass is 79.9.